The Bertz CT molecular complexity index is 377. The highest BCUT2D eigenvalue weighted by molar-refractivity contribution is 5.75. The molecule has 0 bridgehead atoms. The Morgan fingerprint density at radius 1 is 1.61 bits per heavy atom. The first-order valence-electron chi connectivity index (χ1n) is 6.39. The fourth-order valence-corrected chi connectivity index (χ4v) is 2.38. The summed E-state index contributed by atoms with van der Waals surface area (Å²) < 4.78 is 7.20. The van der Waals surface area contributed by atoms with Crippen molar-refractivity contribution >= 4 is 5.91 Å². The van der Waals surface area contributed by atoms with Crippen LogP contribution in [0.4, 0.5) is 0 Å². The third kappa shape index (κ3) is 3.29. The Balaban J connectivity index is 1.75. The van der Waals surface area contributed by atoms with Gasteiger partial charge in [-0.1, -0.05) is 19.1 Å². The number of hydrogen-bond acceptors (Lipinski definition) is 4. The first-order chi connectivity index (χ1) is 8.66. The molecule has 2 rings (SSSR count). The monoisotopic (exact) mass is 252 g/mol. The molecule has 1 aliphatic heterocycles. The number of carbonyl (C=O) groups excluding carboxylic acids is 1. The van der Waals surface area contributed by atoms with Gasteiger partial charge < -0.3 is 10.1 Å². The molecule has 18 heavy (non-hydrogen) atoms. The van der Waals surface area contributed by atoms with Crippen LogP contribution in [0.2, 0.25) is 0 Å². The number of rotatable bonds is 5. The van der Waals surface area contributed by atoms with E-state index in [2.05, 4.69) is 29.5 Å². The molecule has 0 unspecified atom stereocenters. The van der Waals surface area contributed by atoms with Crippen molar-refractivity contribution in [3.8, 4) is 0 Å². The Kier molecular flexibility index (Phi) is 4.30. The van der Waals surface area contributed by atoms with Crippen LogP contribution in [-0.4, -0.2) is 40.2 Å². The topological polar surface area (TPSA) is 69.0 Å². The minimum atomic E-state index is -0.0325. The van der Waals surface area contributed by atoms with Crippen LogP contribution in [-0.2, 0) is 16.1 Å². The van der Waals surface area contributed by atoms with Gasteiger partial charge in [0.1, 0.15) is 6.54 Å². The summed E-state index contributed by atoms with van der Waals surface area (Å²) in [6.07, 6.45) is 4.52. The van der Waals surface area contributed by atoms with Gasteiger partial charge in [-0.3, -0.25) is 4.79 Å². The van der Waals surface area contributed by atoms with Crippen LogP contribution >= 0.6 is 0 Å². The average Bonchev–Trinajstić information content (AvgIpc) is 2.96. The minimum Gasteiger partial charge on any atom is -0.378 e. The molecule has 0 aromatic carbocycles. The predicted molar refractivity (Wildman–Crippen MR) is 65.7 cm³/mol. The quantitative estimate of drug-likeness (QED) is 0.826. The van der Waals surface area contributed by atoms with E-state index in [4.69, 9.17) is 4.74 Å². The molecule has 1 aromatic heterocycles. The Morgan fingerprint density at radius 3 is 3.11 bits per heavy atom. The second-order valence-corrected chi connectivity index (χ2v) is 5.03. The third-order valence-corrected chi connectivity index (χ3v) is 3.26. The van der Waals surface area contributed by atoms with Crippen molar-refractivity contribution in [2.75, 3.05) is 13.2 Å². The average molecular weight is 252 g/mol. The molecule has 0 radical (unpaired) electrons. The van der Waals surface area contributed by atoms with E-state index in [1.54, 1.807) is 12.4 Å². The summed E-state index contributed by atoms with van der Waals surface area (Å²) >= 11 is 0. The zero-order chi connectivity index (χ0) is 13.0. The molecule has 1 N–H and O–H groups in total. The van der Waals surface area contributed by atoms with Crippen molar-refractivity contribution in [2.24, 2.45) is 11.8 Å². The lowest BCUT2D eigenvalue weighted by atomic mass is 9.93. The number of amides is 1. The molecule has 0 aliphatic carbocycles. The molecule has 6 nitrogen and oxygen atoms in total. The molecule has 2 atom stereocenters. The molecule has 2 heterocycles. The summed E-state index contributed by atoms with van der Waals surface area (Å²) in [5.41, 5.74) is 0. The van der Waals surface area contributed by atoms with Crippen molar-refractivity contribution in [2.45, 2.75) is 32.9 Å². The highest BCUT2D eigenvalue weighted by Gasteiger charge is 2.30. The van der Waals surface area contributed by atoms with E-state index >= 15 is 0 Å². The van der Waals surface area contributed by atoms with Crippen molar-refractivity contribution in [1.82, 2.24) is 20.3 Å². The van der Waals surface area contributed by atoms with E-state index in [1.807, 2.05) is 0 Å². The van der Waals surface area contributed by atoms with Gasteiger partial charge in [0.15, 0.2) is 0 Å². The number of ether oxygens (including phenoxy) is 1. The Morgan fingerprint density at radius 2 is 2.44 bits per heavy atom. The summed E-state index contributed by atoms with van der Waals surface area (Å²) in [6, 6.07) is 0. The second-order valence-electron chi connectivity index (χ2n) is 5.03. The third-order valence-electron chi connectivity index (χ3n) is 3.26. The Labute approximate surface area is 107 Å². The molecule has 1 aliphatic rings. The van der Waals surface area contributed by atoms with Crippen molar-refractivity contribution in [3.05, 3.63) is 12.4 Å². The van der Waals surface area contributed by atoms with E-state index in [-0.39, 0.29) is 18.6 Å². The van der Waals surface area contributed by atoms with Crippen LogP contribution in [0.25, 0.3) is 0 Å². The lowest BCUT2D eigenvalue weighted by Crippen LogP contribution is -2.36. The van der Waals surface area contributed by atoms with Gasteiger partial charge in [0, 0.05) is 25.3 Å². The summed E-state index contributed by atoms with van der Waals surface area (Å²) in [5.74, 6) is 0.879. The first kappa shape index (κ1) is 13.0. The molecular weight excluding hydrogens is 232 g/mol. The Hall–Kier alpha value is -1.43. The molecule has 1 aromatic rings. The largest absolute Gasteiger partial charge is 0.378 e. The zero-order valence-electron chi connectivity index (χ0n) is 10.9. The molecule has 6 heteroatoms. The standard InChI is InChI=1S/C12H20N4O2/c1-9(2)12-10(3-6-18-12)7-13-11(17)8-16-5-4-14-15-16/h4-5,9-10,12H,3,6-8H2,1-2H3,(H,13,17)/t10-,12-/m1/s1. The van der Waals surface area contributed by atoms with Gasteiger partial charge in [0.25, 0.3) is 0 Å². The number of aromatic nitrogens is 3. The van der Waals surface area contributed by atoms with Crippen LogP contribution in [0.15, 0.2) is 12.4 Å². The number of nitrogens with zero attached hydrogens (tertiary/aromatic N) is 3. The van der Waals surface area contributed by atoms with Gasteiger partial charge in [-0.2, -0.15) is 0 Å². The molecule has 1 fully saturated rings. The lowest BCUT2D eigenvalue weighted by Gasteiger charge is -2.22. The van der Waals surface area contributed by atoms with Gasteiger partial charge in [0.05, 0.1) is 12.3 Å². The van der Waals surface area contributed by atoms with Crippen LogP contribution in [0, 0.1) is 11.8 Å². The fraction of sp³-hybridized carbons (Fsp3) is 0.750. The fourth-order valence-electron chi connectivity index (χ4n) is 2.38. The number of carbonyl (C=O) groups is 1. The smallest absolute Gasteiger partial charge is 0.241 e. The molecule has 0 spiro atoms. The van der Waals surface area contributed by atoms with E-state index in [0.717, 1.165) is 13.0 Å². The predicted octanol–water partition coefficient (Wildman–Crippen LogP) is 0.455. The molecular formula is C12H20N4O2. The summed E-state index contributed by atoms with van der Waals surface area (Å²) in [7, 11) is 0. The summed E-state index contributed by atoms with van der Waals surface area (Å²) in [6.45, 7) is 6.00. The van der Waals surface area contributed by atoms with Gasteiger partial charge >= 0.3 is 0 Å². The van der Waals surface area contributed by atoms with E-state index in [9.17, 15) is 4.79 Å². The van der Waals surface area contributed by atoms with Gasteiger partial charge in [-0.05, 0) is 12.3 Å². The first-order valence-corrected chi connectivity index (χ1v) is 6.39. The lowest BCUT2D eigenvalue weighted by molar-refractivity contribution is -0.122. The maximum absolute atomic E-state index is 11.7. The highest BCUT2D eigenvalue weighted by atomic mass is 16.5. The maximum atomic E-state index is 11.7. The summed E-state index contributed by atoms with van der Waals surface area (Å²) in [4.78, 5) is 11.7. The highest BCUT2D eigenvalue weighted by Crippen LogP contribution is 2.25. The van der Waals surface area contributed by atoms with Crippen LogP contribution in [0.3, 0.4) is 0 Å². The number of nitrogens with one attached hydrogen (secondary N) is 1. The van der Waals surface area contributed by atoms with Crippen LogP contribution in [0.5, 0.6) is 0 Å². The van der Waals surface area contributed by atoms with Gasteiger partial charge in [-0.15, -0.1) is 5.10 Å². The van der Waals surface area contributed by atoms with E-state index in [1.165, 1.54) is 4.68 Å². The molecule has 100 valence electrons. The molecule has 1 saturated heterocycles. The van der Waals surface area contributed by atoms with Crippen molar-refractivity contribution in [1.29, 1.82) is 0 Å². The molecule has 0 saturated carbocycles. The van der Waals surface area contributed by atoms with Crippen molar-refractivity contribution < 1.29 is 9.53 Å². The van der Waals surface area contributed by atoms with Crippen LogP contribution < -0.4 is 5.32 Å². The van der Waals surface area contributed by atoms with Crippen LogP contribution in [0.1, 0.15) is 20.3 Å². The SMILES string of the molecule is CC(C)[C@H]1OCC[C@@H]1CNC(=O)Cn1ccnn1. The molecule has 1 amide bonds. The summed E-state index contributed by atoms with van der Waals surface area (Å²) in [5, 5.41) is 10.4. The van der Waals surface area contributed by atoms with Gasteiger partial charge in [-0.25, -0.2) is 4.68 Å². The van der Waals surface area contributed by atoms with E-state index < -0.39 is 0 Å². The zero-order valence-corrected chi connectivity index (χ0v) is 10.9. The van der Waals surface area contributed by atoms with Gasteiger partial charge in [0.2, 0.25) is 5.91 Å². The second kappa shape index (κ2) is 5.95. The maximum Gasteiger partial charge on any atom is 0.241 e. The van der Waals surface area contributed by atoms with Crippen molar-refractivity contribution in [3.63, 3.8) is 0 Å². The number of hydrogen-bond donors (Lipinski definition) is 1. The van der Waals surface area contributed by atoms with E-state index in [0.29, 0.717) is 18.4 Å². The minimum absolute atomic E-state index is 0.0325. The normalized spacial score (nSPS) is 23.5.